The number of nitrogens with two attached hydrogens (primary N) is 2. The van der Waals surface area contributed by atoms with E-state index in [9.17, 15) is 13.2 Å². The van der Waals surface area contributed by atoms with Crippen molar-refractivity contribution in [3.8, 4) is 0 Å². The number of aromatic carboxylic acids is 1. The average molecular weight is 406 g/mol. The quantitative estimate of drug-likeness (QED) is 0.553. The molecule has 0 amide bonds. The number of rotatable bonds is 5. The molecule has 25 heavy (non-hydrogen) atoms. The molecule has 1 aromatic heterocycles. The van der Waals surface area contributed by atoms with Gasteiger partial charge in [-0.25, -0.2) is 18.4 Å². The van der Waals surface area contributed by atoms with Gasteiger partial charge in [0.15, 0.2) is 0 Å². The summed E-state index contributed by atoms with van der Waals surface area (Å²) in [4.78, 5) is 11.3. The van der Waals surface area contributed by atoms with Crippen LogP contribution in [0.5, 0.6) is 0 Å². The van der Waals surface area contributed by atoms with Gasteiger partial charge in [-0.3, -0.25) is 0 Å². The first-order valence-electron chi connectivity index (χ1n) is 6.64. The van der Waals surface area contributed by atoms with E-state index in [1.165, 1.54) is 12.3 Å². The van der Waals surface area contributed by atoms with Gasteiger partial charge in [0.2, 0.25) is 10.0 Å². The molecule has 8 nitrogen and oxygen atoms in total. The largest absolute Gasteiger partial charge is 0.478 e. The molecular formula is C14H16ClN3O5S2. The molecule has 0 fully saturated rings. The van der Waals surface area contributed by atoms with Crippen LogP contribution < -0.4 is 16.2 Å². The highest BCUT2D eigenvalue weighted by molar-refractivity contribution is 7.89. The second-order valence-corrected chi connectivity index (χ2v) is 7.30. The van der Waals surface area contributed by atoms with Gasteiger partial charge in [-0.2, -0.15) is 0 Å². The fraction of sp³-hybridized carbons (Fsp3) is 0.143. The third-order valence-corrected chi connectivity index (χ3v) is 4.02. The highest BCUT2D eigenvalue weighted by Crippen LogP contribution is 2.28. The Balaban J connectivity index is 0.000000705. The van der Waals surface area contributed by atoms with Crippen LogP contribution in [0.15, 0.2) is 39.8 Å². The van der Waals surface area contributed by atoms with E-state index in [4.69, 9.17) is 32.0 Å². The fourth-order valence-electron chi connectivity index (χ4n) is 1.69. The average Bonchev–Trinajstić information content (AvgIpc) is 2.96. The Morgan fingerprint density at radius 1 is 1.44 bits per heavy atom. The number of carboxylic acids is 1. The molecule has 1 heterocycles. The van der Waals surface area contributed by atoms with Crippen molar-refractivity contribution in [3.05, 3.63) is 46.9 Å². The van der Waals surface area contributed by atoms with Crippen molar-refractivity contribution in [1.29, 1.82) is 0 Å². The third kappa shape index (κ3) is 6.70. The van der Waals surface area contributed by atoms with Crippen LogP contribution in [0, 0.1) is 0 Å². The normalized spacial score (nSPS) is 10.5. The predicted octanol–water partition coefficient (Wildman–Crippen LogP) is 2.18. The molecular weight excluding hydrogens is 390 g/mol. The van der Waals surface area contributed by atoms with Gasteiger partial charge in [-0.05, 0) is 31.2 Å². The molecule has 0 saturated heterocycles. The number of furan rings is 1. The van der Waals surface area contributed by atoms with Gasteiger partial charge < -0.3 is 20.6 Å². The lowest BCUT2D eigenvalue weighted by Crippen LogP contribution is -2.15. The minimum atomic E-state index is -4.11. The number of anilines is 1. The Bertz CT molecular complexity index is 863. The van der Waals surface area contributed by atoms with E-state index in [1.54, 1.807) is 19.1 Å². The molecule has 136 valence electrons. The summed E-state index contributed by atoms with van der Waals surface area (Å²) in [5.74, 6) is -0.725. The van der Waals surface area contributed by atoms with Crippen molar-refractivity contribution >= 4 is 50.5 Å². The van der Waals surface area contributed by atoms with Gasteiger partial charge in [0, 0.05) is 0 Å². The number of halogens is 1. The predicted molar refractivity (Wildman–Crippen MR) is 98.3 cm³/mol. The maximum Gasteiger partial charge on any atom is 0.337 e. The number of nitrogens with one attached hydrogen (secondary N) is 1. The monoisotopic (exact) mass is 405 g/mol. The maximum atomic E-state index is 11.3. The van der Waals surface area contributed by atoms with Crippen LogP contribution in [-0.2, 0) is 16.6 Å². The van der Waals surface area contributed by atoms with Crippen LogP contribution in [0.4, 0.5) is 5.69 Å². The zero-order chi connectivity index (χ0) is 19.2. The molecule has 0 aliphatic rings. The Kier molecular flexibility index (Phi) is 7.37. The summed E-state index contributed by atoms with van der Waals surface area (Å²) in [5, 5.41) is 16.8. The van der Waals surface area contributed by atoms with Gasteiger partial charge in [-0.1, -0.05) is 23.8 Å². The molecule has 11 heteroatoms. The van der Waals surface area contributed by atoms with E-state index < -0.39 is 20.9 Å². The minimum Gasteiger partial charge on any atom is -0.478 e. The Morgan fingerprint density at radius 3 is 2.48 bits per heavy atom. The fourth-order valence-corrected chi connectivity index (χ4v) is 2.79. The molecule has 0 aliphatic carbocycles. The van der Waals surface area contributed by atoms with Crippen LogP contribution in [0.25, 0.3) is 0 Å². The summed E-state index contributed by atoms with van der Waals surface area (Å²) in [5.41, 5.74) is 4.75. The topological polar surface area (TPSA) is 149 Å². The van der Waals surface area contributed by atoms with Crippen LogP contribution in [0.3, 0.4) is 0 Å². The Labute approximate surface area is 154 Å². The summed E-state index contributed by atoms with van der Waals surface area (Å²) in [6.45, 7) is 1.90. The first-order valence-corrected chi connectivity index (χ1v) is 8.97. The Hall–Kier alpha value is -2.14. The van der Waals surface area contributed by atoms with E-state index in [-0.39, 0.29) is 22.8 Å². The molecule has 0 spiro atoms. The molecule has 6 N–H and O–H groups in total. The standard InChI is InChI=1S/C12H11ClN2O5S.C2H5NS/c13-9-5-10(15-6-7-2-1-3-20-7)8(12(16)17)4-11(9)21(14,18)19;1-2(3)4/h1-5,15H,6H2,(H,16,17)(H2,14,18,19);1H3,(H2,3,4). The molecule has 2 aromatic rings. The number of benzene rings is 1. The number of hydrogen-bond donors (Lipinski definition) is 4. The molecule has 0 aliphatic heterocycles. The minimum absolute atomic E-state index is 0.163. The first-order chi connectivity index (χ1) is 11.5. The van der Waals surface area contributed by atoms with Crippen molar-refractivity contribution in [1.82, 2.24) is 0 Å². The number of carbonyl (C=O) groups is 1. The van der Waals surface area contributed by atoms with E-state index >= 15 is 0 Å². The third-order valence-electron chi connectivity index (χ3n) is 2.64. The van der Waals surface area contributed by atoms with Crippen LogP contribution in [0.1, 0.15) is 23.0 Å². The number of carboxylic acid groups (broad SMARTS) is 1. The summed E-state index contributed by atoms with van der Waals surface area (Å²) in [7, 11) is -4.11. The molecule has 0 bridgehead atoms. The summed E-state index contributed by atoms with van der Waals surface area (Å²) >= 11 is 10.2. The lowest BCUT2D eigenvalue weighted by molar-refractivity contribution is 0.0697. The second kappa shape index (κ2) is 8.81. The smallest absolute Gasteiger partial charge is 0.337 e. The first kappa shape index (κ1) is 20.9. The molecule has 0 saturated carbocycles. The van der Waals surface area contributed by atoms with Gasteiger partial charge in [0.25, 0.3) is 0 Å². The zero-order valence-corrected chi connectivity index (χ0v) is 15.4. The van der Waals surface area contributed by atoms with Gasteiger partial charge in [-0.15, -0.1) is 0 Å². The van der Waals surface area contributed by atoms with Gasteiger partial charge in [0.05, 0.1) is 34.1 Å². The maximum absolute atomic E-state index is 11.3. The van der Waals surface area contributed by atoms with Crippen LogP contribution in [0.2, 0.25) is 5.02 Å². The SMILES string of the molecule is CC(N)=S.NS(=O)(=O)c1cc(C(=O)O)c(NCc2ccco2)cc1Cl. The zero-order valence-electron chi connectivity index (χ0n) is 13.0. The van der Waals surface area contributed by atoms with Crippen LogP contribution >= 0.6 is 23.8 Å². The van der Waals surface area contributed by atoms with E-state index in [1.807, 2.05) is 0 Å². The summed E-state index contributed by atoms with van der Waals surface area (Å²) < 4.78 is 27.8. The Morgan fingerprint density at radius 2 is 2.04 bits per heavy atom. The molecule has 1 aromatic carbocycles. The summed E-state index contributed by atoms with van der Waals surface area (Å²) in [6.07, 6.45) is 1.48. The lowest BCUT2D eigenvalue weighted by atomic mass is 10.1. The van der Waals surface area contributed by atoms with E-state index in [0.717, 1.165) is 6.07 Å². The van der Waals surface area contributed by atoms with Gasteiger partial charge in [0.1, 0.15) is 10.7 Å². The number of hydrogen-bond acceptors (Lipinski definition) is 6. The van der Waals surface area contributed by atoms with Crippen molar-refractivity contribution in [2.75, 3.05) is 5.32 Å². The molecule has 0 atom stereocenters. The molecule has 0 radical (unpaired) electrons. The number of thiocarbonyl (C=S) groups is 1. The van der Waals surface area contributed by atoms with Crippen molar-refractivity contribution in [3.63, 3.8) is 0 Å². The van der Waals surface area contributed by atoms with Crippen LogP contribution in [-0.4, -0.2) is 24.5 Å². The van der Waals surface area contributed by atoms with Crippen molar-refractivity contribution in [2.24, 2.45) is 10.9 Å². The highest BCUT2D eigenvalue weighted by atomic mass is 35.5. The highest BCUT2D eigenvalue weighted by Gasteiger charge is 2.20. The number of primary sulfonamides is 1. The summed E-state index contributed by atoms with van der Waals surface area (Å²) in [6, 6.07) is 5.51. The van der Waals surface area contributed by atoms with E-state index in [0.29, 0.717) is 10.7 Å². The number of sulfonamides is 1. The van der Waals surface area contributed by atoms with Crippen molar-refractivity contribution in [2.45, 2.75) is 18.4 Å². The second-order valence-electron chi connectivity index (χ2n) is 4.72. The molecule has 0 unspecified atom stereocenters. The van der Waals surface area contributed by atoms with Crippen molar-refractivity contribution < 1.29 is 22.7 Å². The van der Waals surface area contributed by atoms with Gasteiger partial charge >= 0.3 is 5.97 Å². The lowest BCUT2D eigenvalue weighted by Gasteiger charge is -2.11. The molecule has 2 rings (SSSR count). The van der Waals surface area contributed by atoms with E-state index in [2.05, 4.69) is 17.5 Å².